The van der Waals surface area contributed by atoms with E-state index in [0.29, 0.717) is 19.0 Å². The van der Waals surface area contributed by atoms with Gasteiger partial charge < -0.3 is 0 Å². The molecular weight excluding hydrogens is 280 g/mol. The van der Waals surface area contributed by atoms with Crippen LogP contribution >= 0.6 is 0 Å². The second-order valence-corrected chi connectivity index (χ2v) is 7.13. The minimum Gasteiger partial charge on any atom is -0.258 e. The first kappa shape index (κ1) is 14.9. The highest BCUT2D eigenvalue weighted by molar-refractivity contribution is 7.89. The van der Waals surface area contributed by atoms with Crippen LogP contribution in [0.25, 0.3) is 0 Å². The third-order valence-corrected chi connectivity index (χ3v) is 5.57. The molecule has 0 aliphatic carbocycles. The molecule has 1 unspecified atom stereocenters. The molecule has 6 nitrogen and oxygen atoms in total. The van der Waals surface area contributed by atoms with Crippen LogP contribution in [0.2, 0.25) is 0 Å². The molecule has 0 saturated carbocycles. The normalized spacial score (nSPS) is 21.4. The van der Waals surface area contributed by atoms with Crippen molar-refractivity contribution in [3.05, 3.63) is 34.4 Å². The van der Waals surface area contributed by atoms with Gasteiger partial charge in [-0.15, -0.1) is 0 Å². The molecule has 1 aliphatic heterocycles. The Kier molecular flexibility index (Phi) is 4.39. The summed E-state index contributed by atoms with van der Waals surface area (Å²) in [6, 6.07) is 5.07. The molecule has 1 atom stereocenters. The summed E-state index contributed by atoms with van der Waals surface area (Å²) in [7, 11) is -3.54. The SMILES string of the molecule is CC1CCCN(S(=O)(=O)c2ccc([N+](=O)[O-])cc2)CC1. The van der Waals surface area contributed by atoms with Crippen molar-refractivity contribution in [2.24, 2.45) is 5.92 Å². The molecule has 0 N–H and O–H groups in total. The van der Waals surface area contributed by atoms with E-state index in [9.17, 15) is 18.5 Å². The van der Waals surface area contributed by atoms with E-state index in [2.05, 4.69) is 6.92 Å². The van der Waals surface area contributed by atoms with Crippen LogP contribution in [0, 0.1) is 16.0 Å². The van der Waals surface area contributed by atoms with Gasteiger partial charge in [0.15, 0.2) is 0 Å². The van der Waals surface area contributed by atoms with E-state index in [1.165, 1.54) is 28.6 Å². The molecule has 7 heteroatoms. The maximum Gasteiger partial charge on any atom is 0.269 e. The minimum atomic E-state index is -3.54. The summed E-state index contributed by atoms with van der Waals surface area (Å²) in [5.74, 6) is 0.534. The Bertz CT molecular complexity index is 583. The molecule has 1 saturated heterocycles. The molecule has 110 valence electrons. The van der Waals surface area contributed by atoms with Gasteiger partial charge in [-0.05, 0) is 37.3 Å². The van der Waals surface area contributed by atoms with Gasteiger partial charge in [-0.1, -0.05) is 6.92 Å². The Morgan fingerprint density at radius 3 is 2.45 bits per heavy atom. The molecular formula is C13H18N2O4S. The number of nitro groups is 1. The predicted molar refractivity (Wildman–Crippen MR) is 74.9 cm³/mol. The van der Waals surface area contributed by atoms with Crippen LogP contribution in [0.4, 0.5) is 5.69 Å². The van der Waals surface area contributed by atoms with Gasteiger partial charge in [0.25, 0.3) is 5.69 Å². The Morgan fingerprint density at radius 2 is 1.85 bits per heavy atom. The third-order valence-electron chi connectivity index (χ3n) is 3.66. The molecule has 0 spiro atoms. The fraction of sp³-hybridized carbons (Fsp3) is 0.538. The summed E-state index contributed by atoms with van der Waals surface area (Å²) in [6.45, 7) is 3.16. The first-order valence-electron chi connectivity index (χ1n) is 6.66. The Labute approximate surface area is 118 Å². The summed E-state index contributed by atoms with van der Waals surface area (Å²) in [5.41, 5.74) is -0.103. The van der Waals surface area contributed by atoms with Gasteiger partial charge in [0.2, 0.25) is 10.0 Å². The molecule has 20 heavy (non-hydrogen) atoms. The lowest BCUT2D eigenvalue weighted by atomic mass is 10.0. The summed E-state index contributed by atoms with van der Waals surface area (Å²) in [5, 5.41) is 10.6. The van der Waals surface area contributed by atoms with E-state index in [0.717, 1.165) is 19.3 Å². The highest BCUT2D eigenvalue weighted by atomic mass is 32.2. The van der Waals surface area contributed by atoms with Crippen LogP contribution in [0.15, 0.2) is 29.2 Å². The first-order valence-corrected chi connectivity index (χ1v) is 8.10. The largest absolute Gasteiger partial charge is 0.269 e. The van der Waals surface area contributed by atoms with E-state index < -0.39 is 14.9 Å². The van der Waals surface area contributed by atoms with E-state index in [4.69, 9.17) is 0 Å². The smallest absolute Gasteiger partial charge is 0.258 e. The molecule has 0 bridgehead atoms. The van der Waals surface area contributed by atoms with Gasteiger partial charge in [-0.25, -0.2) is 8.42 Å². The molecule has 1 aromatic rings. The fourth-order valence-electron chi connectivity index (χ4n) is 2.37. The van der Waals surface area contributed by atoms with Crippen molar-refractivity contribution < 1.29 is 13.3 Å². The number of non-ortho nitro benzene ring substituents is 1. The quantitative estimate of drug-likeness (QED) is 0.634. The van der Waals surface area contributed by atoms with Crippen LogP contribution in [-0.4, -0.2) is 30.7 Å². The average molecular weight is 298 g/mol. The number of hydrogen-bond donors (Lipinski definition) is 0. The standard InChI is InChI=1S/C13H18N2O4S/c1-11-3-2-9-14(10-8-11)20(18,19)13-6-4-12(5-7-13)15(16)17/h4-7,11H,2-3,8-10H2,1H3. The molecule has 1 fully saturated rings. The number of benzene rings is 1. The minimum absolute atomic E-state index is 0.103. The molecule has 0 aromatic heterocycles. The summed E-state index contributed by atoms with van der Waals surface area (Å²) in [4.78, 5) is 10.2. The van der Waals surface area contributed by atoms with Crippen molar-refractivity contribution in [3.63, 3.8) is 0 Å². The fourth-order valence-corrected chi connectivity index (χ4v) is 3.86. The van der Waals surface area contributed by atoms with Crippen LogP contribution in [0.5, 0.6) is 0 Å². The third kappa shape index (κ3) is 3.16. The topological polar surface area (TPSA) is 80.5 Å². The van der Waals surface area contributed by atoms with E-state index in [1.807, 2.05) is 0 Å². The highest BCUT2D eigenvalue weighted by Crippen LogP contribution is 2.24. The number of nitro benzene ring substituents is 1. The van der Waals surface area contributed by atoms with Gasteiger partial charge in [0.05, 0.1) is 9.82 Å². The average Bonchev–Trinajstić information content (AvgIpc) is 2.64. The van der Waals surface area contributed by atoms with Gasteiger partial charge in [-0.2, -0.15) is 4.31 Å². The van der Waals surface area contributed by atoms with Crippen molar-refractivity contribution in [2.45, 2.75) is 31.1 Å². The number of hydrogen-bond acceptors (Lipinski definition) is 4. The zero-order valence-corrected chi connectivity index (χ0v) is 12.2. The molecule has 2 rings (SSSR count). The second-order valence-electron chi connectivity index (χ2n) is 5.19. The Hall–Kier alpha value is -1.47. The monoisotopic (exact) mass is 298 g/mol. The first-order chi connectivity index (χ1) is 9.41. The predicted octanol–water partition coefficient (Wildman–Crippen LogP) is 2.41. The Balaban J connectivity index is 2.23. The molecule has 1 aromatic carbocycles. The van der Waals surface area contributed by atoms with Crippen LogP contribution in [-0.2, 0) is 10.0 Å². The van der Waals surface area contributed by atoms with Crippen molar-refractivity contribution in [1.29, 1.82) is 0 Å². The maximum atomic E-state index is 12.5. The van der Waals surface area contributed by atoms with Gasteiger partial charge >= 0.3 is 0 Å². The molecule has 1 heterocycles. The van der Waals surface area contributed by atoms with Crippen LogP contribution < -0.4 is 0 Å². The zero-order chi connectivity index (χ0) is 14.8. The summed E-state index contributed by atoms with van der Waals surface area (Å²) >= 11 is 0. The van der Waals surface area contributed by atoms with Crippen molar-refractivity contribution in [3.8, 4) is 0 Å². The number of nitrogens with zero attached hydrogens (tertiary/aromatic N) is 2. The maximum absolute atomic E-state index is 12.5. The molecule has 0 amide bonds. The molecule has 0 radical (unpaired) electrons. The van der Waals surface area contributed by atoms with E-state index in [1.54, 1.807) is 0 Å². The highest BCUT2D eigenvalue weighted by Gasteiger charge is 2.26. The summed E-state index contributed by atoms with van der Waals surface area (Å²) in [6.07, 6.45) is 2.74. The van der Waals surface area contributed by atoms with Crippen molar-refractivity contribution >= 4 is 15.7 Å². The van der Waals surface area contributed by atoms with Crippen LogP contribution in [0.1, 0.15) is 26.2 Å². The Morgan fingerprint density at radius 1 is 1.20 bits per heavy atom. The lowest BCUT2D eigenvalue weighted by Gasteiger charge is -2.19. The van der Waals surface area contributed by atoms with Gasteiger partial charge in [0.1, 0.15) is 0 Å². The van der Waals surface area contributed by atoms with Crippen LogP contribution in [0.3, 0.4) is 0 Å². The lowest BCUT2D eigenvalue weighted by molar-refractivity contribution is -0.384. The number of rotatable bonds is 3. The second kappa shape index (κ2) is 5.88. The van der Waals surface area contributed by atoms with E-state index in [-0.39, 0.29) is 10.6 Å². The van der Waals surface area contributed by atoms with Gasteiger partial charge in [0, 0.05) is 25.2 Å². The number of sulfonamides is 1. The summed E-state index contributed by atoms with van der Waals surface area (Å²) < 4.78 is 26.5. The molecule has 1 aliphatic rings. The lowest BCUT2D eigenvalue weighted by Crippen LogP contribution is -2.32. The van der Waals surface area contributed by atoms with Crippen molar-refractivity contribution in [1.82, 2.24) is 4.31 Å². The zero-order valence-electron chi connectivity index (χ0n) is 11.4. The van der Waals surface area contributed by atoms with E-state index >= 15 is 0 Å². The van der Waals surface area contributed by atoms with Crippen molar-refractivity contribution in [2.75, 3.05) is 13.1 Å². The van der Waals surface area contributed by atoms with Gasteiger partial charge in [-0.3, -0.25) is 10.1 Å².